The number of nitrogens with zero attached hydrogens (tertiary/aromatic N) is 2. The molecule has 0 aromatic carbocycles. The van der Waals surface area contributed by atoms with Gasteiger partial charge in [-0.1, -0.05) is 6.92 Å². The van der Waals surface area contributed by atoms with Crippen LogP contribution in [0.25, 0.3) is 0 Å². The minimum Gasteiger partial charge on any atom is -0.465 e. The zero-order valence-corrected chi connectivity index (χ0v) is 11.3. The van der Waals surface area contributed by atoms with Gasteiger partial charge in [-0.25, -0.2) is 4.79 Å². The summed E-state index contributed by atoms with van der Waals surface area (Å²) in [6, 6.07) is 0. The molecule has 0 unspecified atom stereocenters. The van der Waals surface area contributed by atoms with Crippen molar-refractivity contribution in [3.05, 3.63) is 5.56 Å². The predicted octanol–water partition coefficient (Wildman–Crippen LogP) is 2.29. The Bertz CT molecular complexity index is 448. The second-order valence-corrected chi connectivity index (χ2v) is 4.53. The first-order valence-electron chi connectivity index (χ1n) is 5.45. The number of anilines is 2. The van der Waals surface area contributed by atoms with E-state index in [1.165, 1.54) is 0 Å². The number of rotatable bonds is 5. The molecule has 5 nitrogen and oxygen atoms in total. The third kappa shape index (κ3) is 3.98. The summed E-state index contributed by atoms with van der Waals surface area (Å²) >= 11 is 0.759. The molecule has 1 aromatic rings. The smallest absolute Gasteiger partial charge is 0.405 e. The maximum absolute atomic E-state index is 12.5. The minimum absolute atomic E-state index is 0.0866. The number of nitrogens with two attached hydrogens (primary N) is 1. The van der Waals surface area contributed by atoms with Crippen LogP contribution in [0.4, 0.5) is 24.0 Å². The molecule has 0 saturated heterocycles. The maximum atomic E-state index is 12.5. The van der Waals surface area contributed by atoms with E-state index in [2.05, 4.69) is 9.11 Å². The first-order chi connectivity index (χ1) is 8.80. The van der Waals surface area contributed by atoms with E-state index >= 15 is 0 Å². The summed E-state index contributed by atoms with van der Waals surface area (Å²) in [7, 11) is 1.14. The van der Waals surface area contributed by atoms with Gasteiger partial charge in [-0.05, 0) is 18.0 Å². The molecule has 0 atom stereocenters. The monoisotopic (exact) mass is 297 g/mol. The predicted molar refractivity (Wildman–Crippen MR) is 66.4 cm³/mol. The Balaban J connectivity index is 3.12. The fourth-order valence-corrected chi connectivity index (χ4v) is 2.37. The van der Waals surface area contributed by atoms with Gasteiger partial charge in [0.25, 0.3) is 0 Å². The normalized spacial score (nSPS) is 11.4. The Morgan fingerprint density at radius 1 is 1.53 bits per heavy atom. The summed E-state index contributed by atoms with van der Waals surface area (Å²) in [5.74, 6) is -0.903. The summed E-state index contributed by atoms with van der Waals surface area (Å²) in [5.41, 5.74) is 5.40. The number of halogens is 3. The summed E-state index contributed by atoms with van der Waals surface area (Å²) < 4.78 is 45.8. The molecule has 0 amide bonds. The second-order valence-electron chi connectivity index (χ2n) is 3.78. The van der Waals surface area contributed by atoms with Crippen LogP contribution in [0.3, 0.4) is 0 Å². The molecular formula is C10H14F3N3O2S. The van der Waals surface area contributed by atoms with Crippen LogP contribution in [0.1, 0.15) is 23.7 Å². The number of ether oxygens (including phenoxy) is 1. The number of carbonyl (C=O) groups is 1. The quantitative estimate of drug-likeness (QED) is 0.845. The number of esters is 1. The molecule has 1 aromatic heterocycles. The molecule has 1 rings (SSSR count). The number of carbonyl (C=O) groups excluding carboxylic acids is 1. The molecular weight excluding hydrogens is 283 g/mol. The Morgan fingerprint density at radius 3 is 2.63 bits per heavy atom. The molecule has 0 aliphatic heterocycles. The van der Waals surface area contributed by atoms with Crippen molar-refractivity contribution in [3.8, 4) is 0 Å². The molecule has 0 radical (unpaired) electrons. The van der Waals surface area contributed by atoms with Crippen molar-refractivity contribution in [1.82, 2.24) is 4.37 Å². The Hall–Kier alpha value is -1.51. The third-order valence-electron chi connectivity index (χ3n) is 2.24. The highest BCUT2D eigenvalue weighted by Crippen LogP contribution is 2.33. The third-order valence-corrected chi connectivity index (χ3v) is 3.16. The van der Waals surface area contributed by atoms with Crippen molar-refractivity contribution in [1.29, 1.82) is 0 Å². The van der Waals surface area contributed by atoms with Crippen molar-refractivity contribution >= 4 is 28.3 Å². The van der Waals surface area contributed by atoms with Crippen LogP contribution < -0.4 is 10.6 Å². The molecule has 0 spiro atoms. The fraction of sp³-hybridized carbons (Fsp3) is 0.600. The zero-order valence-electron chi connectivity index (χ0n) is 10.5. The SMILES string of the molecule is CCCN(CC(F)(F)F)c1snc(N)c1C(=O)OC. The van der Waals surface area contributed by atoms with Crippen molar-refractivity contribution in [3.63, 3.8) is 0 Å². The largest absolute Gasteiger partial charge is 0.465 e. The van der Waals surface area contributed by atoms with E-state index in [9.17, 15) is 18.0 Å². The van der Waals surface area contributed by atoms with Crippen LogP contribution >= 0.6 is 11.5 Å². The molecule has 2 N–H and O–H groups in total. The Labute approximate surface area is 112 Å². The molecule has 0 aliphatic carbocycles. The van der Waals surface area contributed by atoms with Gasteiger partial charge in [0.15, 0.2) is 5.82 Å². The number of aromatic nitrogens is 1. The first kappa shape index (κ1) is 15.5. The fourth-order valence-electron chi connectivity index (χ4n) is 1.54. The molecule has 9 heteroatoms. The number of methoxy groups -OCH3 is 1. The lowest BCUT2D eigenvalue weighted by atomic mass is 10.3. The molecule has 19 heavy (non-hydrogen) atoms. The number of alkyl halides is 3. The van der Waals surface area contributed by atoms with Gasteiger partial charge in [-0.15, -0.1) is 0 Å². The van der Waals surface area contributed by atoms with E-state index < -0.39 is 18.7 Å². The van der Waals surface area contributed by atoms with Gasteiger partial charge in [0.1, 0.15) is 17.1 Å². The molecule has 108 valence electrons. The topological polar surface area (TPSA) is 68.5 Å². The van der Waals surface area contributed by atoms with Crippen LogP contribution in [0.5, 0.6) is 0 Å². The molecule has 1 heterocycles. The van der Waals surface area contributed by atoms with Crippen molar-refractivity contribution in [2.75, 3.05) is 30.8 Å². The van der Waals surface area contributed by atoms with Crippen molar-refractivity contribution in [2.45, 2.75) is 19.5 Å². The van der Waals surface area contributed by atoms with Crippen LogP contribution in [-0.4, -0.2) is 36.7 Å². The number of hydrogen-bond acceptors (Lipinski definition) is 6. The lowest BCUT2D eigenvalue weighted by Gasteiger charge is -2.24. The molecule has 0 aliphatic rings. The van der Waals surface area contributed by atoms with Crippen LogP contribution in [-0.2, 0) is 4.74 Å². The highest BCUT2D eigenvalue weighted by Gasteiger charge is 2.34. The lowest BCUT2D eigenvalue weighted by molar-refractivity contribution is -0.119. The van der Waals surface area contributed by atoms with Crippen molar-refractivity contribution < 1.29 is 22.7 Å². The van der Waals surface area contributed by atoms with E-state index in [0.717, 1.165) is 23.5 Å². The Morgan fingerprint density at radius 2 is 2.16 bits per heavy atom. The van der Waals surface area contributed by atoms with E-state index in [1.54, 1.807) is 6.92 Å². The molecule has 0 bridgehead atoms. The Kier molecular flexibility index (Phi) is 4.98. The van der Waals surface area contributed by atoms with E-state index in [1.807, 2.05) is 0 Å². The van der Waals surface area contributed by atoms with Crippen LogP contribution in [0.15, 0.2) is 0 Å². The minimum atomic E-state index is -4.37. The van der Waals surface area contributed by atoms with Gasteiger partial charge in [0.05, 0.1) is 7.11 Å². The summed E-state index contributed by atoms with van der Waals surface area (Å²) in [6.45, 7) is 0.725. The molecule has 0 saturated carbocycles. The van der Waals surface area contributed by atoms with Gasteiger partial charge in [-0.2, -0.15) is 17.5 Å². The van der Waals surface area contributed by atoms with Crippen LogP contribution in [0.2, 0.25) is 0 Å². The van der Waals surface area contributed by atoms with Gasteiger partial charge in [0.2, 0.25) is 0 Å². The standard InChI is InChI=1S/C10H14F3N3O2S/c1-3-4-16(5-10(11,12)13)8-6(9(17)18-2)7(14)15-19-8/h3-5H2,1-2H3,(H2,14,15). The van der Waals surface area contributed by atoms with E-state index in [0.29, 0.717) is 6.42 Å². The van der Waals surface area contributed by atoms with E-state index in [4.69, 9.17) is 5.73 Å². The highest BCUT2D eigenvalue weighted by atomic mass is 32.1. The average Bonchev–Trinajstić information content (AvgIpc) is 2.68. The maximum Gasteiger partial charge on any atom is 0.405 e. The summed E-state index contributed by atoms with van der Waals surface area (Å²) in [6.07, 6.45) is -3.88. The van der Waals surface area contributed by atoms with Gasteiger partial charge >= 0.3 is 12.1 Å². The molecule has 0 fully saturated rings. The van der Waals surface area contributed by atoms with Gasteiger partial charge in [-0.3, -0.25) is 0 Å². The highest BCUT2D eigenvalue weighted by molar-refractivity contribution is 7.11. The zero-order chi connectivity index (χ0) is 14.6. The lowest BCUT2D eigenvalue weighted by Crippen LogP contribution is -2.35. The van der Waals surface area contributed by atoms with Gasteiger partial charge < -0.3 is 15.4 Å². The summed E-state index contributed by atoms with van der Waals surface area (Å²) in [5, 5.41) is 0.0866. The van der Waals surface area contributed by atoms with Gasteiger partial charge in [0, 0.05) is 6.54 Å². The summed E-state index contributed by atoms with van der Waals surface area (Å²) in [4.78, 5) is 12.6. The second kappa shape index (κ2) is 6.09. The average molecular weight is 297 g/mol. The number of nitrogen functional groups attached to an aromatic ring is 1. The van der Waals surface area contributed by atoms with Crippen LogP contribution in [0, 0.1) is 0 Å². The number of hydrogen-bond donors (Lipinski definition) is 1. The first-order valence-corrected chi connectivity index (χ1v) is 6.22. The van der Waals surface area contributed by atoms with E-state index in [-0.39, 0.29) is 22.9 Å². The van der Waals surface area contributed by atoms with Crippen molar-refractivity contribution in [2.24, 2.45) is 0 Å².